The van der Waals surface area contributed by atoms with Gasteiger partial charge in [0, 0.05) is 0 Å². The average molecular weight is 321 g/mol. The summed E-state index contributed by atoms with van der Waals surface area (Å²) in [5.74, 6) is 5.70. The highest BCUT2D eigenvalue weighted by Gasteiger charge is 2.12. The van der Waals surface area contributed by atoms with Gasteiger partial charge in [0.1, 0.15) is 0 Å². The maximum atomic E-state index is 12.7. The molecule has 1 heterocycles. The Balaban J connectivity index is 2.37. The number of hydrogen-bond acceptors (Lipinski definition) is 4. The molecule has 0 aliphatic heterocycles. The molecule has 0 aliphatic rings. The Kier molecular flexibility index (Phi) is 3.55. The number of nitrogens with one attached hydrogen (secondary N) is 1. The van der Waals surface area contributed by atoms with Crippen molar-refractivity contribution in [2.75, 3.05) is 5.43 Å². The molecule has 7 heteroatoms. The van der Waals surface area contributed by atoms with E-state index in [0.29, 0.717) is 26.6 Å². The lowest BCUT2D eigenvalue weighted by Crippen LogP contribution is -2.25. The zero-order chi connectivity index (χ0) is 15.0. The molecular weight excluding hydrogens is 311 g/mol. The fourth-order valence-electron chi connectivity index (χ4n) is 2.09. The first-order chi connectivity index (χ1) is 10.1. The molecular formula is C14H10Cl2N4O. The average Bonchev–Trinajstić information content (AvgIpc) is 2.50. The fourth-order valence-corrected chi connectivity index (χ4v) is 2.39. The van der Waals surface area contributed by atoms with Gasteiger partial charge in [0.2, 0.25) is 5.95 Å². The second-order valence-electron chi connectivity index (χ2n) is 4.34. The van der Waals surface area contributed by atoms with Gasteiger partial charge in [-0.1, -0.05) is 35.3 Å². The summed E-state index contributed by atoms with van der Waals surface area (Å²) >= 11 is 11.9. The fraction of sp³-hybridized carbons (Fsp3) is 0. The molecule has 3 aromatic rings. The lowest BCUT2D eigenvalue weighted by Gasteiger charge is -2.13. The van der Waals surface area contributed by atoms with E-state index >= 15 is 0 Å². The van der Waals surface area contributed by atoms with Crippen molar-refractivity contribution >= 4 is 40.1 Å². The molecule has 0 saturated heterocycles. The highest BCUT2D eigenvalue weighted by atomic mass is 35.5. The molecule has 3 rings (SSSR count). The molecule has 0 radical (unpaired) electrons. The first kappa shape index (κ1) is 13.9. The molecule has 2 aromatic carbocycles. The molecule has 0 amide bonds. The summed E-state index contributed by atoms with van der Waals surface area (Å²) in [5, 5.41) is 1.24. The number of hydrazine groups is 1. The molecule has 21 heavy (non-hydrogen) atoms. The van der Waals surface area contributed by atoms with Gasteiger partial charge in [-0.25, -0.2) is 15.4 Å². The zero-order valence-electron chi connectivity index (χ0n) is 10.7. The number of nitrogens with zero attached hydrogens (tertiary/aromatic N) is 2. The van der Waals surface area contributed by atoms with Crippen molar-refractivity contribution in [3.63, 3.8) is 0 Å². The van der Waals surface area contributed by atoms with Gasteiger partial charge < -0.3 is 0 Å². The van der Waals surface area contributed by atoms with Gasteiger partial charge >= 0.3 is 0 Å². The van der Waals surface area contributed by atoms with E-state index in [9.17, 15) is 4.79 Å². The van der Waals surface area contributed by atoms with Crippen LogP contribution in [-0.4, -0.2) is 9.55 Å². The quantitative estimate of drug-likeness (QED) is 0.562. The Labute approximate surface area is 129 Å². The van der Waals surface area contributed by atoms with E-state index in [-0.39, 0.29) is 11.5 Å². The van der Waals surface area contributed by atoms with Crippen LogP contribution < -0.4 is 16.8 Å². The van der Waals surface area contributed by atoms with Crippen LogP contribution in [0, 0.1) is 0 Å². The standard InChI is InChI=1S/C14H10Cl2N4O/c15-10-6-5-8(7-11(10)16)20-13(21)9-3-1-2-4-12(9)18-14(20)19-17/h1-7H,17H2,(H,18,19). The van der Waals surface area contributed by atoms with Crippen molar-refractivity contribution in [3.05, 3.63) is 62.9 Å². The number of anilines is 1. The predicted molar refractivity (Wildman–Crippen MR) is 85.2 cm³/mol. The maximum Gasteiger partial charge on any atom is 0.267 e. The second-order valence-corrected chi connectivity index (χ2v) is 5.15. The third kappa shape index (κ3) is 2.35. The van der Waals surface area contributed by atoms with Crippen LogP contribution in [0.25, 0.3) is 16.6 Å². The number of hydrogen-bond donors (Lipinski definition) is 2. The highest BCUT2D eigenvalue weighted by molar-refractivity contribution is 6.42. The van der Waals surface area contributed by atoms with Gasteiger partial charge in [-0.15, -0.1) is 0 Å². The van der Waals surface area contributed by atoms with Gasteiger partial charge in [0.05, 0.1) is 26.6 Å². The summed E-state index contributed by atoms with van der Waals surface area (Å²) in [4.78, 5) is 17.0. The molecule has 0 aliphatic carbocycles. The highest BCUT2D eigenvalue weighted by Crippen LogP contribution is 2.25. The Hall–Kier alpha value is -2.08. The number of nitrogens with two attached hydrogens (primary N) is 1. The molecule has 0 bridgehead atoms. The third-order valence-corrected chi connectivity index (χ3v) is 3.81. The first-order valence-electron chi connectivity index (χ1n) is 6.05. The minimum Gasteiger partial charge on any atom is -0.293 e. The van der Waals surface area contributed by atoms with Gasteiger partial charge in [-0.2, -0.15) is 0 Å². The van der Waals surface area contributed by atoms with Crippen LogP contribution >= 0.6 is 23.2 Å². The largest absolute Gasteiger partial charge is 0.293 e. The monoisotopic (exact) mass is 320 g/mol. The summed E-state index contributed by atoms with van der Waals surface area (Å²) in [6.07, 6.45) is 0. The molecule has 0 atom stereocenters. The van der Waals surface area contributed by atoms with E-state index in [1.54, 1.807) is 42.5 Å². The van der Waals surface area contributed by atoms with Crippen LogP contribution in [0.2, 0.25) is 10.0 Å². The Morgan fingerprint density at radius 3 is 2.57 bits per heavy atom. The van der Waals surface area contributed by atoms with Crippen molar-refractivity contribution < 1.29 is 0 Å². The van der Waals surface area contributed by atoms with Crippen molar-refractivity contribution in [2.24, 2.45) is 5.84 Å². The molecule has 0 spiro atoms. The molecule has 1 aromatic heterocycles. The SMILES string of the molecule is NNc1nc2ccccc2c(=O)n1-c1ccc(Cl)c(Cl)c1. The summed E-state index contributed by atoms with van der Waals surface area (Å²) in [7, 11) is 0. The number of benzene rings is 2. The van der Waals surface area contributed by atoms with Crippen LogP contribution in [0.5, 0.6) is 0 Å². The summed E-state index contributed by atoms with van der Waals surface area (Å²) < 4.78 is 1.35. The van der Waals surface area contributed by atoms with E-state index in [2.05, 4.69) is 10.4 Å². The maximum absolute atomic E-state index is 12.7. The number of nitrogen functional groups attached to an aromatic ring is 1. The molecule has 0 fully saturated rings. The summed E-state index contributed by atoms with van der Waals surface area (Å²) in [5.41, 5.74) is 3.28. The molecule has 0 saturated carbocycles. The molecule has 5 nitrogen and oxygen atoms in total. The van der Waals surface area contributed by atoms with Gasteiger partial charge in [-0.05, 0) is 30.3 Å². The Morgan fingerprint density at radius 2 is 1.86 bits per heavy atom. The number of para-hydroxylation sites is 1. The summed E-state index contributed by atoms with van der Waals surface area (Å²) in [6, 6.07) is 11.9. The third-order valence-electron chi connectivity index (χ3n) is 3.07. The van der Waals surface area contributed by atoms with E-state index in [4.69, 9.17) is 29.0 Å². The normalized spacial score (nSPS) is 10.8. The van der Waals surface area contributed by atoms with Crippen LogP contribution in [0.1, 0.15) is 0 Å². The van der Waals surface area contributed by atoms with Crippen LogP contribution in [0.4, 0.5) is 5.95 Å². The Morgan fingerprint density at radius 1 is 1.10 bits per heavy atom. The van der Waals surface area contributed by atoms with E-state index < -0.39 is 0 Å². The lowest BCUT2D eigenvalue weighted by molar-refractivity contribution is 0.956. The van der Waals surface area contributed by atoms with E-state index in [1.165, 1.54) is 4.57 Å². The number of fused-ring (bicyclic) bond motifs is 1. The minimum atomic E-state index is -0.244. The molecule has 0 unspecified atom stereocenters. The minimum absolute atomic E-state index is 0.220. The van der Waals surface area contributed by atoms with Crippen LogP contribution in [0.3, 0.4) is 0 Å². The Bertz CT molecular complexity index is 892. The topological polar surface area (TPSA) is 72.9 Å². The second kappa shape index (κ2) is 5.37. The van der Waals surface area contributed by atoms with Gasteiger partial charge in [0.25, 0.3) is 5.56 Å². The lowest BCUT2D eigenvalue weighted by atomic mass is 10.2. The van der Waals surface area contributed by atoms with Gasteiger partial charge in [0.15, 0.2) is 0 Å². The molecule has 3 N–H and O–H groups in total. The van der Waals surface area contributed by atoms with Crippen LogP contribution in [0.15, 0.2) is 47.3 Å². The summed E-state index contributed by atoms with van der Waals surface area (Å²) in [6.45, 7) is 0. The zero-order valence-corrected chi connectivity index (χ0v) is 12.2. The van der Waals surface area contributed by atoms with Crippen molar-refractivity contribution in [1.82, 2.24) is 9.55 Å². The van der Waals surface area contributed by atoms with Crippen LogP contribution in [-0.2, 0) is 0 Å². The number of halogens is 2. The van der Waals surface area contributed by atoms with Crippen molar-refractivity contribution in [2.45, 2.75) is 0 Å². The first-order valence-corrected chi connectivity index (χ1v) is 6.81. The van der Waals surface area contributed by atoms with Crippen molar-refractivity contribution in [3.8, 4) is 5.69 Å². The predicted octanol–water partition coefficient (Wildman–Crippen LogP) is 2.98. The number of aromatic nitrogens is 2. The van der Waals surface area contributed by atoms with E-state index in [0.717, 1.165) is 0 Å². The molecule has 106 valence electrons. The smallest absolute Gasteiger partial charge is 0.267 e. The van der Waals surface area contributed by atoms with Crippen molar-refractivity contribution in [1.29, 1.82) is 0 Å². The van der Waals surface area contributed by atoms with E-state index in [1.807, 2.05) is 0 Å². The van der Waals surface area contributed by atoms with Gasteiger partial charge in [-0.3, -0.25) is 10.2 Å². The number of rotatable bonds is 2.